The molecule has 12 heteroatoms. The van der Waals surface area contributed by atoms with Crippen LogP contribution in [-0.2, 0) is 0 Å². The van der Waals surface area contributed by atoms with Gasteiger partial charge in [0, 0.05) is 18.2 Å². The lowest BCUT2D eigenvalue weighted by Gasteiger charge is -2.21. The molecule has 33 heavy (non-hydrogen) atoms. The number of anilines is 1. The maximum atomic E-state index is 14.3. The minimum absolute atomic E-state index is 0.102. The maximum Gasteiger partial charge on any atom is 0.275 e. The molecule has 180 valence electrons. The summed E-state index contributed by atoms with van der Waals surface area (Å²) in [6.45, 7) is 1.93. The van der Waals surface area contributed by atoms with Crippen molar-refractivity contribution in [2.45, 2.75) is 45.1 Å². The molecule has 1 amide bonds. The number of carbonyl (C=O) groups is 1. The number of rotatable bonds is 4. The van der Waals surface area contributed by atoms with Crippen LogP contribution in [0.2, 0.25) is 0 Å². The van der Waals surface area contributed by atoms with E-state index in [-0.39, 0.29) is 35.4 Å². The molecular weight excluding hydrogens is 536 g/mol. The standard InChI is InChI=1S/C18H16BrF2N5OS.C2H6O.CH4S/c19-18-23-13(9-28-18)17(27)22-12-8-26(10-4-2-1-3-5-10)25-16(12)15-11(20)6-7-14(21)24-15;1-2-3;1-2/h6-10H,1-5H2,(H,22,27);3H,2H2,1H3;2H,1H3. The van der Waals surface area contributed by atoms with Crippen molar-refractivity contribution in [3.05, 3.63) is 45.1 Å². The maximum absolute atomic E-state index is 14.3. The molecule has 0 radical (unpaired) electrons. The first-order valence-electron chi connectivity index (χ1n) is 10.3. The van der Waals surface area contributed by atoms with Gasteiger partial charge in [-0.25, -0.2) is 14.4 Å². The number of thiazole rings is 1. The molecule has 0 saturated heterocycles. The van der Waals surface area contributed by atoms with Crippen molar-refractivity contribution in [3.8, 4) is 11.4 Å². The highest BCUT2D eigenvalue weighted by Crippen LogP contribution is 2.33. The molecule has 1 saturated carbocycles. The number of aromatic nitrogens is 4. The normalized spacial score (nSPS) is 13.4. The van der Waals surface area contributed by atoms with Gasteiger partial charge in [0.05, 0.1) is 11.7 Å². The molecule has 3 heterocycles. The van der Waals surface area contributed by atoms with Crippen LogP contribution < -0.4 is 5.32 Å². The molecule has 0 atom stereocenters. The molecule has 0 aromatic carbocycles. The predicted molar refractivity (Wildman–Crippen MR) is 133 cm³/mol. The number of aliphatic hydroxyl groups is 1. The van der Waals surface area contributed by atoms with Crippen molar-refractivity contribution in [1.29, 1.82) is 0 Å². The zero-order valence-corrected chi connectivity index (χ0v) is 21.6. The van der Waals surface area contributed by atoms with E-state index in [9.17, 15) is 13.6 Å². The van der Waals surface area contributed by atoms with E-state index >= 15 is 0 Å². The van der Waals surface area contributed by atoms with Crippen molar-refractivity contribution < 1.29 is 18.7 Å². The van der Waals surface area contributed by atoms with E-state index in [2.05, 4.69) is 48.9 Å². The van der Waals surface area contributed by atoms with Crippen LogP contribution in [-0.4, -0.2) is 43.6 Å². The highest BCUT2D eigenvalue weighted by Gasteiger charge is 2.24. The molecule has 0 spiro atoms. The topological polar surface area (TPSA) is 92.9 Å². The van der Waals surface area contributed by atoms with Gasteiger partial charge in [-0.3, -0.25) is 9.48 Å². The molecule has 7 nitrogen and oxygen atoms in total. The molecule has 2 N–H and O–H groups in total. The second-order valence-corrected chi connectivity index (χ2v) is 9.02. The average Bonchev–Trinajstić information content (AvgIpc) is 3.44. The fourth-order valence-electron chi connectivity index (χ4n) is 3.32. The van der Waals surface area contributed by atoms with Crippen LogP contribution in [0.5, 0.6) is 0 Å². The van der Waals surface area contributed by atoms with Crippen molar-refractivity contribution in [1.82, 2.24) is 19.7 Å². The second-order valence-electron chi connectivity index (χ2n) is 6.88. The third-order valence-electron chi connectivity index (χ3n) is 4.67. The molecule has 1 aliphatic carbocycles. The molecule has 3 aromatic rings. The Morgan fingerprint density at radius 3 is 2.52 bits per heavy atom. The monoisotopic (exact) mass is 561 g/mol. The summed E-state index contributed by atoms with van der Waals surface area (Å²) in [5, 5.41) is 16.4. The summed E-state index contributed by atoms with van der Waals surface area (Å²) in [7, 11) is 0. The largest absolute Gasteiger partial charge is 0.397 e. The quantitative estimate of drug-likeness (QED) is 0.279. The van der Waals surface area contributed by atoms with Crippen LogP contribution in [0.1, 0.15) is 55.6 Å². The lowest BCUT2D eigenvalue weighted by Crippen LogP contribution is -2.14. The van der Waals surface area contributed by atoms with Gasteiger partial charge in [-0.2, -0.15) is 22.1 Å². The van der Waals surface area contributed by atoms with E-state index in [1.165, 1.54) is 17.8 Å². The minimum Gasteiger partial charge on any atom is -0.397 e. The van der Waals surface area contributed by atoms with E-state index in [0.717, 1.165) is 37.8 Å². The summed E-state index contributed by atoms with van der Waals surface area (Å²) >= 11 is 8.03. The number of hydrogen-bond acceptors (Lipinski definition) is 7. The number of amides is 1. The molecule has 0 aliphatic heterocycles. The minimum atomic E-state index is -0.815. The molecule has 0 unspecified atom stereocenters. The average molecular weight is 563 g/mol. The van der Waals surface area contributed by atoms with Crippen LogP contribution in [0.4, 0.5) is 14.5 Å². The highest BCUT2D eigenvalue weighted by molar-refractivity contribution is 9.11. The summed E-state index contributed by atoms with van der Waals surface area (Å²) in [6, 6.07) is 2.10. The molecular formula is C21H26BrF2N5O2S2. The van der Waals surface area contributed by atoms with Gasteiger partial charge in [-0.1, -0.05) is 19.3 Å². The Kier molecular flexibility index (Phi) is 11.4. The Balaban J connectivity index is 0.000000714. The van der Waals surface area contributed by atoms with Gasteiger partial charge >= 0.3 is 0 Å². The second kappa shape index (κ2) is 13.7. The Bertz CT molecular complexity index is 1040. The lowest BCUT2D eigenvalue weighted by molar-refractivity contribution is 0.102. The highest BCUT2D eigenvalue weighted by atomic mass is 79.9. The van der Waals surface area contributed by atoms with Crippen molar-refractivity contribution in [3.63, 3.8) is 0 Å². The van der Waals surface area contributed by atoms with E-state index in [0.29, 0.717) is 3.92 Å². The van der Waals surface area contributed by atoms with Gasteiger partial charge in [-0.15, -0.1) is 11.3 Å². The fraction of sp³-hybridized carbons (Fsp3) is 0.429. The van der Waals surface area contributed by atoms with Gasteiger partial charge in [0.25, 0.3) is 5.91 Å². The molecule has 0 bridgehead atoms. The third kappa shape index (κ3) is 7.56. The first-order valence-corrected chi connectivity index (χ1v) is 12.9. The Hall–Kier alpha value is -1.89. The first kappa shape index (κ1) is 27.4. The summed E-state index contributed by atoms with van der Waals surface area (Å²) in [5.74, 6) is -1.98. The smallest absolute Gasteiger partial charge is 0.275 e. The van der Waals surface area contributed by atoms with Gasteiger partial charge < -0.3 is 10.4 Å². The first-order chi connectivity index (χ1) is 15.9. The number of halogens is 3. The summed E-state index contributed by atoms with van der Waals surface area (Å²) < 4.78 is 30.3. The SMILES string of the molecule is CCO.CS.O=C(Nc1cn(C2CCCCC2)nc1-c1nc(F)ccc1F)c1csc(Br)n1. The van der Waals surface area contributed by atoms with Crippen LogP contribution in [0.25, 0.3) is 11.4 Å². The summed E-state index contributed by atoms with van der Waals surface area (Å²) in [6.07, 6.45) is 8.60. The van der Waals surface area contributed by atoms with Crippen molar-refractivity contribution in [2.24, 2.45) is 0 Å². The summed E-state index contributed by atoms with van der Waals surface area (Å²) in [4.78, 5) is 20.3. The van der Waals surface area contributed by atoms with Crippen LogP contribution in [0, 0.1) is 11.8 Å². The van der Waals surface area contributed by atoms with E-state index in [1.54, 1.807) is 29.4 Å². The number of aliphatic hydroxyl groups excluding tert-OH is 1. The number of pyridine rings is 1. The third-order valence-corrected chi connectivity index (χ3v) is 6.04. The molecule has 1 aliphatic rings. The molecule has 1 fully saturated rings. The zero-order chi connectivity index (χ0) is 24.4. The number of carbonyl (C=O) groups excluding carboxylic acids is 1. The van der Waals surface area contributed by atoms with E-state index in [1.807, 2.05) is 0 Å². The van der Waals surface area contributed by atoms with Gasteiger partial charge in [-0.05, 0) is 54.1 Å². The number of nitrogens with one attached hydrogen (secondary N) is 1. The lowest BCUT2D eigenvalue weighted by atomic mass is 9.96. The summed E-state index contributed by atoms with van der Waals surface area (Å²) in [5.41, 5.74) is 0.368. The van der Waals surface area contributed by atoms with Crippen LogP contribution >= 0.6 is 39.9 Å². The Morgan fingerprint density at radius 2 is 1.91 bits per heavy atom. The van der Waals surface area contributed by atoms with E-state index in [4.69, 9.17) is 5.11 Å². The predicted octanol–water partition coefficient (Wildman–Crippen LogP) is 5.74. The van der Waals surface area contributed by atoms with E-state index < -0.39 is 17.7 Å². The Labute approximate surface area is 209 Å². The van der Waals surface area contributed by atoms with Gasteiger partial charge in [0.1, 0.15) is 17.1 Å². The van der Waals surface area contributed by atoms with Crippen molar-refractivity contribution >= 4 is 51.5 Å². The van der Waals surface area contributed by atoms with Crippen LogP contribution in [0.3, 0.4) is 0 Å². The van der Waals surface area contributed by atoms with Crippen LogP contribution in [0.15, 0.2) is 27.6 Å². The molecule has 3 aromatic heterocycles. The van der Waals surface area contributed by atoms with Gasteiger partial charge in [0.2, 0.25) is 5.95 Å². The Morgan fingerprint density at radius 1 is 1.24 bits per heavy atom. The fourth-order valence-corrected chi connectivity index (χ4v) is 4.31. The number of thiol groups is 1. The van der Waals surface area contributed by atoms with Crippen molar-refractivity contribution in [2.75, 3.05) is 18.2 Å². The van der Waals surface area contributed by atoms with Gasteiger partial charge in [0.15, 0.2) is 9.73 Å². The zero-order valence-electron chi connectivity index (χ0n) is 18.3. The number of hydrogen-bond donors (Lipinski definition) is 3. The molecule has 4 rings (SSSR count). The number of nitrogens with zero attached hydrogens (tertiary/aromatic N) is 4.